The highest BCUT2D eigenvalue weighted by Gasteiger charge is 2.36. The molecule has 0 unspecified atom stereocenters. The van der Waals surface area contributed by atoms with E-state index in [0.29, 0.717) is 12.0 Å². The van der Waals surface area contributed by atoms with Crippen molar-refractivity contribution >= 4 is 6.01 Å². The van der Waals surface area contributed by atoms with E-state index >= 15 is 0 Å². The predicted octanol–water partition coefficient (Wildman–Crippen LogP) is 1.62. The zero-order valence-corrected chi connectivity index (χ0v) is 10.9. The molecule has 0 radical (unpaired) electrons. The van der Waals surface area contributed by atoms with Gasteiger partial charge in [-0.1, -0.05) is 5.10 Å². The summed E-state index contributed by atoms with van der Waals surface area (Å²) in [6.07, 6.45) is 6.31. The number of rotatable bonds is 2. The molecule has 98 valence electrons. The summed E-state index contributed by atoms with van der Waals surface area (Å²) in [5, 5.41) is 8.44. The zero-order chi connectivity index (χ0) is 12.1. The normalized spacial score (nSPS) is 32.8. The van der Waals surface area contributed by atoms with E-state index in [-0.39, 0.29) is 0 Å². The quantitative estimate of drug-likeness (QED) is 0.796. The lowest BCUT2D eigenvalue weighted by Gasteiger charge is -2.24. The third kappa shape index (κ3) is 1.72. The Balaban J connectivity index is 1.53. The van der Waals surface area contributed by atoms with Gasteiger partial charge in [-0.3, -0.25) is 4.90 Å². The van der Waals surface area contributed by atoms with Gasteiger partial charge < -0.3 is 9.32 Å². The first-order valence-electron chi connectivity index (χ1n) is 7.11. The summed E-state index contributed by atoms with van der Waals surface area (Å²) in [4.78, 5) is 4.83. The molecule has 0 N–H and O–H groups in total. The van der Waals surface area contributed by atoms with Gasteiger partial charge in [-0.15, -0.1) is 5.10 Å². The number of hydrogen-bond acceptors (Lipinski definition) is 5. The zero-order valence-electron chi connectivity index (χ0n) is 10.9. The fourth-order valence-electron chi connectivity index (χ4n) is 3.33. The van der Waals surface area contributed by atoms with Crippen molar-refractivity contribution in [3.8, 4) is 0 Å². The minimum Gasteiger partial charge on any atom is -0.408 e. The molecule has 4 rings (SSSR count). The highest BCUT2D eigenvalue weighted by molar-refractivity contribution is 5.27. The summed E-state index contributed by atoms with van der Waals surface area (Å²) in [6, 6.07) is 2.16. The summed E-state index contributed by atoms with van der Waals surface area (Å²) < 4.78 is 5.83. The summed E-state index contributed by atoms with van der Waals surface area (Å²) in [6.45, 7) is 2.09. The molecule has 1 aliphatic carbocycles. The first-order valence-corrected chi connectivity index (χ1v) is 7.11. The van der Waals surface area contributed by atoms with E-state index in [1.807, 2.05) is 0 Å². The SMILES string of the molecule is CN1[C@H]2CC[C@@H]1CN(c1nnc(C3CC3)o1)CC2. The number of likely N-dealkylation sites (N-methyl/N-ethyl adjacent to an activating group) is 1. The van der Waals surface area contributed by atoms with Crippen molar-refractivity contribution in [3.63, 3.8) is 0 Å². The lowest BCUT2D eigenvalue weighted by Crippen LogP contribution is -2.36. The molecule has 2 atom stereocenters. The van der Waals surface area contributed by atoms with E-state index in [1.165, 1.54) is 32.1 Å². The van der Waals surface area contributed by atoms with Crippen LogP contribution in [0.4, 0.5) is 6.01 Å². The molecule has 2 bridgehead atoms. The van der Waals surface area contributed by atoms with Crippen LogP contribution < -0.4 is 4.90 Å². The molecule has 5 heteroatoms. The summed E-state index contributed by atoms with van der Waals surface area (Å²) in [5.74, 6) is 1.41. The van der Waals surface area contributed by atoms with Gasteiger partial charge in [0.05, 0.1) is 0 Å². The Labute approximate surface area is 107 Å². The number of hydrogen-bond donors (Lipinski definition) is 0. The maximum absolute atomic E-state index is 5.83. The molecule has 0 amide bonds. The Kier molecular flexibility index (Phi) is 2.37. The van der Waals surface area contributed by atoms with E-state index in [0.717, 1.165) is 31.0 Å². The van der Waals surface area contributed by atoms with E-state index in [1.54, 1.807) is 0 Å². The van der Waals surface area contributed by atoms with Gasteiger partial charge in [-0.05, 0) is 39.2 Å². The van der Waals surface area contributed by atoms with Crippen LogP contribution in [0.15, 0.2) is 4.42 Å². The summed E-state index contributed by atoms with van der Waals surface area (Å²) in [5.41, 5.74) is 0. The highest BCUT2D eigenvalue weighted by atomic mass is 16.4. The molecule has 3 fully saturated rings. The van der Waals surface area contributed by atoms with Crippen LogP contribution in [0.3, 0.4) is 0 Å². The Hall–Kier alpha value is -1.10. The molecule has 0 aromatic carbocycles. The first-order chi connectivity index (χ1) is 8.81. The summed E-state index contributed by atoms with van der Waals surface area (Å²) in [7, 11) is 2.26. The lowest BCUT2D eigenvalue weighted by atomic mass is 10.1. The van der Waals surface area contributed by atoms with Crippen molar-refractivity contribution in [3.05, 3.63) is 5.89 Å². The smallest absolute Gasteiger partial charge is 0.318 e. The molecule has 3 heterocycles. The lowest BCUT2D eigenvalue weighted by molar-refractivity contribution is 0.254. The van der Waals surface area contributed by atoms with Crippen molar-refractivity contribution in [2.45, 2.75) is 50.1 Å². The molecule has 3 aliphatic rings. The second kappa shape index (κ2) is 3.95. The molecule has 18 heavy (non-hydrogen) atoms. The molecular weight excluding hydrogens is 228 g/mol. The highest BCUT2D eigenvalue weighted by Crippen LogP contribution is 2.40. The molecule has 5 nitrogen and oxygen atoms in total. The molecule has 2 saturated heterocycles. The first kappa shape index (κ1) is 10.8. The van der Waals surface area contributed by atoms with Crippen molar-refractivity contribution < 1.29 is 4.42 Å². The van der Waals surface area contributed by atoms with Crippen LogP contribution in [0.5, 0.6) is 0 Å². The van der Waals surface area contributed by atoms with Gasteiger partial charge in [0.2, 0.25) is 5.89 Å². The van der Waals surface area contributed by atoms with E-state index in [4.69, 9.17) is 4.42 Å². The Bertz CT molecular complexity index is 442. The molecular formula is C13H20N4O. The van der Waals surface area contributed by atoms with Crippen LogP contribution in [0.1, 0.15) is 43.9 Å². The predicted molar refractivity (Wildman–Crippen MR) is 67.7 cm³/mol. The maximum Gasteiger partial charge on any atom is 0.318 e. The Morgan fingerprint density at radius 1 is 1.06 bits per heavy atom. The molecule has 1 saturated carbocycles. The van der Waals surface area contributed by atoms with Crippen molar-refractivity contribution in [2.24, 2.45) is 0 Å². The molecule has 0 spiro atoms. The summed E-state index contributed by atoms with van der Waals surface area (Å²) >= 11 is 0. The van der Waals surface area contributed by atoms with E-state index < -0.39 is 0 Å². The van der Waals surface area contributed by atoms with Crippen LogP contribution in [0.25, 0.3) is 0 Å². The second-order valence-corrected chi connectivity index (χ2v) is 5.98. The maximum atomic E-state index is 5.83. The minimum absolute atomic E-state index is 0.553. The van der Waals surface area contributed by atoms with E-state index in [2.05, 4.69) is 27.0 Å². The third-order valence-corrected chi connectivity index (χ3v) is 4.78. The fraction of sp³-hybridized carbons (Fsp3) is 0.846. The van der Waals surface area contributed by atoms with Crippen LogP contribution >= 0.6 is 0 Å². The van der Waals surface area contributed by atoms with E-state index in [9.17, 15) is 0 Å². The van der Waals surface area contributed by atoms with Crippen LogP contribution in [0.2, 0.25) is 0 Å². The number of aromatic nitrogens is 2. The van der Waals surface area contributed by atoms with Crippen molar-refractivity contribution in [1.29, 1.82) is 0 Å². The molecule has 1 aromatic rings. The number of anilines is 1. The van der Waals surface area contributed by atoms with Crippen molar-refractivity contribution in [1.82, 2.24) is 15.1 Å². The second-order valence-electron chi connectivity index (χ2n) is 5.98. The van der Waals surface area contributed by atoms with Crippen LogP contribution in [0, 0.1) is 0 Å². The fourth-order valence-corrected chi connectivity index (χ4v) is 3.33. The average molecular weight is 248 g/mol. The Morgan fingerprint density at radius 2 is 1.89 bits per heavy atom. The van der Waals surface area contributed by atoms with Gasteiger partial charge in [0.1, 0.15) is 0 Å². The van der Waals surface area contributed by atoms with Gasteiger partial charge in [0.25, 0.3) is 0 Å². The minimum atomic E-state index is 0.553. The third-order valence-electron chi connectivity index (χ3n) is 4.78. The van der Waals surface area contributed by atoms with Crippen LogP contribution in [-0.4, -0.2) is 47.3 Å². The average Bonchev–Trinajstić information content (AvgIpc) is 3.02. The monoisotopic (exact) mass is 248 g/mol. The van der Waals surface area contributed by atoms with Gasteiger partial charge in [0, 0.05) is 31.1 Å². The molecule has 1 aromatic heterocycles. The largest absolute Gasteiger partial charge is 0.408 e. The number of fused-ring (bicyclic) bond motifs is 2. The van der Waals surface area contributed by atoms with Crippen molar-refractivity contribution in [2.75, 3.05) is 25.0 Å². The van der Waals surface area contributed by atoms with Gasteiger partial charge in [0.15, 0.2) is 0 Å². The standard InChI is InChI=1S/C13H20N4O/c1-16-10-4-5-11(16)8-17(7-6-10)13-15-14-12(18-13)9-2-3-9/h9-11H,2-8H2,1H3/t10-,11+/m0/s1. The molecule has 2 aliphatic heterocycles. The number of nitrogens with zero attached hydrogens (tertiary/aromatic N) is 4. The topological polar surface area (TPSA) is 45.4 Å². The van der Waals surface area contributed by atoms with Gasteiger partial charge >= 0.3 is 6.01 Å². The van der Waals surface area contributed by atoms with Gasteiger partial charge in [-0.25, -0.2) is 0 Å². The Morgan fingerprint density at radius 3 is 2.72 bits per heavy atom. The van der Waals surface area contributed by atoms with Gasteiger partial charge in [-0.2, -0.15) is 0 Å². The van der Waals surface area contributed by atoms with Crippen LogP contribution in [-0.2, 0) is 0 Å².